The Morgan fingerprint density at radius 1 is 1.17 bits per heavy atom. The Morgan fingerprint density at radius 3 is 2.51 bits per heavy atom. The average molecular weight is 668 g/mol. The Kier molecular flexibility index (Phi) is 8.30. The van der Waals surface area contributed by atoms with E-state index in [-0.39, 0.29) is 34.4 Å². The quantitative estimate of drug-likeness (QED) is 0.211. The average Bonchev–Trinajstić information content (AvgIpc) is 3.42. The second-order valence-corrected chi connectivity index (χ2v) is 13.2. The summed E-state index contributed by atoms with van der Waals surface area (Å²) in [7, 11) is 0. The number of nitrogens with zero attached hydrogens (tertiary/aromatic N) is 8. The van der Waals surface area contributed by atoms with Crippen molar-refractivity contribution in [1.82, 2.24) is 40.0 Å². The molecule has 2 atom stereocenters. The van der Waals surface area contributed by atoms with Crippen molar-refractivity contribution >= 4 is 29.6 Å². The van der Waals surface area contributed by atoms with Gasteiger partial charge in [0.05, 0.1) is 29.9 Å². The lowest BCUT2D eigenvalue weighted by atomic mass is 9.75. The van der Waals surface area contributed by atoms with Gasteiger partial charge in [-0.1, -0.05) is 62.7 Å². The number of aliphatic hydroxyl groups excluding tert-OH is 1. The molecule has 47 heavy (non-hydrogen) atoms. The molecule has 1 saturated heterocycles. The molecule has 0 radical (unpaired) electrons. The Labute approximate surface area is 272 Å². The fourth-order valence-corrected chi connectivity index (χ4v) is 6.14. The van der Waals surface area contributed by atoms with Crippen molar-refractivity contribution in [3.8, 4) is 22.6 Å². The number of aliphatic hydroxyl groups is 1. The van der Waals surface area contributed by atoms with Crippen molar-refractivity contribution < 1.29 is 28.6 Å². The summed E-state index contributed by atoms with van der Waals surface area (Å²) in [5.74, 6) is -1.09. The van der Waals surface area contributed by atoms with E-state index in [4.69, 9.17) is 11.6 Å². The molecule has 246 valence electrons. The number of alkyl halides is 2. The van der Waals surface area contributed by atoms with Crippen LogP contribution in [-0.2, 0) is 10.3 Å². The van der Waals surface area contributed by atoms with Crippen molar-refractivity contribution in [1.29, 1.82) is 0 Å². The normalized spacial score (nSPS) is 19.9. The summed E-state index contributed by atoms with van der Waals surface area (Å²) in [6.07, 6.45) is 3.37. The number of carbonyl (C=O) groups excluding carboxylic acids is 1. The molecule has 16 heteroatoms. The Morgan fingerprint density at radius 2 is 1.89 bits per heavy atom. The molecule has 13 nitrogen and oxygen atoms in total. The maximum absolute atomic E-state index is 14.7. The number of halogens is 3. The number of carboxylic acid groups (broad SMARTS) is 1. The van der Waals surface area contributed by atoms with E-state index in [0.29, 0.717) is 22.0 Å². The molecule has 3 N–H and O–H groups in total. The molecule has 0 spiro atoms. The molecule has 1 unspecified atom stereocenters. The van der Waals surface area contributed by atoms with E-state index in [1.165, 1.54) is 18.2 Å². The maximum atomic E-state index is 14.7. The van der Waals surface area contributed by atoms with E-state index in [1.807, 2.05) is 32.9 Å². The number of hydrogen-bond donors (Lipinski definition) is 3. The van der Waals surface area contributed by atoms with Gasteiger partial charge in [-0.2, -0.15) is 33.6 Å². The lowest BCUT2D eigenvalue weighted by molar-refractivity contribution is -0.134. The van der Waals surface area contributed by atoms with Gasteiger partial charge < -0.3 is 15.5 Å². The molecule has 4 aromatic rings. The lowest BCUT2D eigenvalue weighted by Crippen LogP contribution is -2.47. The smallest absolute Gasteiger partial charge is 0.434 e. The zero-order valence-corrected chi connectivity index (χ0v) is 26.4. The van der Waals surface area contributed by atoms with E-state index >= 15 is 0 Å². The molecule has 0 bridgehead atoms. The lowest BCUT2D eigenvalue weighted by Gasteiger charge is -2.35. The van der Waals surface area contributed by atoms with E-state index in [1.54, 1.807) is 23.1 Å². The first-order valence-corrected chi connectivity index (χ1v) is 15.2. The van der Waals surface area contributed by atoms with Crippen molar-refractivity contribution in [3.63, 3.8) is 0 Å². The number of carbonyl (C=O) groups is 2. The van der Waals surface area contributed by atoms with Crippen LogP contribution in [0.2, 0.25) is 5.02 Å². The molecule has 6 rings (SSSR count). The summed E-state index contributed by atoms with van der Waals surface area (Å²) in [4.78, 5) is 37.1. The molecule has 3 heterocycles. The van der Waals surface area contributed by atoms with Crippen LogP contribution in [0.25, 0.3) is 22.6 Å². The predicted octanol–water partition coefficient (Wildman–Crippen LogP) is 5.42. The Bertz CT molecular complexity index is 1850. The highest BCUT2D eigenvalue weighted by Crippen LogP contribution is 2.43. The van der Waals surface area contributed by atoms with Crippen LogP contribution in [0.3, 0.4) is 0 Å². The summed E-state index contributed by atoms with van der Waals surface area (Å²) in [5, 5.41) is 36.1. The zero-order valence-electron chi connectivity index (χ0n) is 25.7. The van der Waals surface area contributed by atoms with Crippen LogP contribution in [0.4, 0.5) is 13.6 Å². The zero-order chi connectivity index (χ0) is 33.7. The van der Waals surface area contributed by atoms with Gasteiger partial charge in [-0.05, 0) is 47.9 Å². The Balaban J connectivity index is 1.43. The molecule has 2 fully saturated rings. The van der Waals surface area contributed by atoms with Crippen LogP contribution in [0.15, 0.2) is 60.0 Å². The summed E-state index contributed by atoms with van der Waals surface area (Å²) in [6.45, 7) is 2.15. The van der Waals surface area contributed by atoms with E-state index in [0.717, 1.165) is 29.6 Å². The van der Waals surface area contributed by atoms with Gasteiger partial charge in [0, 0.05) is 11.1 Å². The highest BCUT2D eigenvalue weighted by Gasteiger charge is 2.55. The minimum absolute atomic E-state index is 0.0740. The van der Waals surface area contributed by atoms with Crippen LogP contribution >= 0.6 is 11.6 Å². The number of benzene rings is 2. The van der Waals surface area contributed by atoms with Gasteiger partial charge in [0.25, 0.3) is 5.91 Å². The molecular formula is C31H32ClF2N9O4. The van der Waals surface area contributed by atoms with Crippen LogP contribution in [0.1, 0.15) is 69.8 Å². The number of nitrogens with one attached hydrogen (secondary N) is 1. The van der Waals surface area contributed by atoms with Crippen LogP contribution in [0, 0.1) is 5.41 Å². The van der Waals surface area contributed by atoms with E-state index < -0.39 is 42.2 Å². The second kappa shape index (κ2) is 12.1. The third kappa shape index (κ3) is 6.20. The van der Waals surface area contributed by atoms with Crippen LogP contribution < -0.4 is 5.32 Å². The maximum Gasteiger partial charge on any atom is 0.434 e. The molecular weight excluding hydrogens is 636 g/mol. The van der Waals surface area contributed by atoms with Gasteiger partial charge in [0.1, 0.15) is 17.6 Å². The standard InChI is InChI=1S/C31H32ClF2N9O4/c1-30(2,3)15-31(19-7-4-17(5-8-19)23-13-36-43(40-23)20-9-10-20)26(45)41(28(39-31)38-29(46)47)24(14-44)18-6-11-22(32)21(12-18)25-35-16-37-42(25)27(33)34/h4-8,11-13,16,20,24,27,44H,9-10,14-15H2,1-3H3,(H,38,39)(H,46,47)/t24-,31?/m1/s1. The topological polar surface area (TPSA) is 164 Å². The predicted molar refractivity (Wildman–Crippen MR) is 166 cm³/mol. The van der Waals surface area contributed by atoms with Gasteiger partial charge in [-0.25, -0.2) is 9.78 Å². The van der Waals surface area contributed by atoms with Crippen molar-refractivity contribution in [2.75, 3.05) is 6.61 Å². The molecule has 1 aliphatic heterocycles. The fraction of sp³-hybridized carbons (Fsp3) is 0.387. The largest absolute Gasteiger partial charge is 0.463 e. The molecule has 2 aromatic heterocycles. The van der Waals surface area contributed by atoms with Gasteiger partial charge in [0.15, 0.2) is 5.82 Å². The summed E-state index contributed by atoms with van der Waals surface area (Å²) >= 11 is 6.38. The summed E-state index contributed by atoms with van der Waals surface area (Å²) in [5.41, 5.74) is 0.392. The molecule has 2 aliphatic rings. The summed E-state index contributed by atoms with van der Waals surface area (Å²) < 4.78 is 27.7. The SMILES string of the molecule is CC(C)(C)CC1(c2ccc(-c3cnn(C4CC4)n3)cc2)NC(=NC(=O)O)N([C@H](CO)c2ccc(Cl)c(-c3ncnn3C(F)F)c2)C1=O. The van der Waals surface area contributed by atoms with Gasteiger partial charge in [-0.15, -0.1) is 4.99 Å². The van der Waals surface area contributed by atoms with Crippen molar-refractivity contribution in [2.45, 2.75) is 64.2 Å². The molecule has 2 aromatic carbocycles. The first-order chi connectivity index (χ1) is 22.3. The van der Waals surface area contributed by atoms with Gasteiger partial charge >= 0.3 is 12.6 Å². The second-order valence-electron chi connectivity index (χ2n) is 12.8. The minimum Gasteiger partial charge on any atom is -0.463 e. The number of guanidine groups is 1. The van der Waals surface area contributed by atoms with E-state index in [2.05, 4.69) is 30.6 Å². The van der Waals surface area contributed by atoms with Crippen LogP contribution in [-0.4, -0.2) is 69.4 Å². The first kappa shape index (κ1) is 32.2. The fourth-order valence-electron chi connectivity index (χ4n) is 5.94. The number of rotatable bonds is 9. The third-order valence-electron chi connectivity index (χ3n) is 8.05. The monoisotopic (exact) mass is 667 g/mol. The number of aromatic nitrogens is 6. The highest BCUT2D eigenvalue weighted by molar-refractivity contribution is 6.33. The number of amides is 2. The first-order valence-electron chi connectivity index (χ1n) is 14.9. The number of hydrogen-bond acceptors (Lipinski definition) is 7. The molecule has 1 saturated carbocycles. The van der Waals surface area contributed by atoms with Gasteiger partial charge in [0.2, 0.25) is 5.96 Å². The molecule has 1 aliphatic carbocycles. The minimum atomic E-state index is -3.01. The molecule has 2 amide bonds. The van der Waals surface area contributed by atoms with Gasteiger partial charge in [-0.3, -0.25) is 9.69 Å². The van der Waals surface area contributed by atoms with Crippen molar-refractivity contribution in [3.05, 3.63) is 71.1 Å². The van der Waals surface area contributed by atoms with E-state index in [9.17, 15) is 28.6 Å². The Hall–Kier alpha value is -4.76. The summed E-state index contributed by atoms with van der Waals surface area (Å²) in [6, 6.07) is 10.6. The van der Waals surface area contributed by atoms with Crippen LogP contribution in [0.5, 0.6) is 0 Å². The highest BCUT2D eigenvalue weighted by atomic mass is 35.5. The van der Waals surface area contributed by atoms with Crippen molar-refractivity contribution in [2.24, 2.45) is 10.4 Å². The number of aliphatic imine (C=N–C) groups is 1. The third-order valence-corrected chi connectivity index (χ3v) is 8.38.